The first-order chi connectivity index (χ1) is 18.0. The summed E-state index contributed by atoms with van der Waals surface area (Å²) in [5, 5.41) is 3.58. The molecule has 4 aromatic rings. The van der Waals surface area contributed by atoms with Crippen molar-refractivity contribution in [3.63, 3.8) is 0 Å². The lowest BCUT2D eigenvalue weighted by atomic mass is 10.1. The summed E-state index contributed by atoms with van der Waals surface area (Å²) in [6, 6.07) is 19.0. The van der Waals surface area contributed by atoms with E-state index in [0.29, 0.717) is 22.4 Å². The van der Waals surface area contributed by atoms with Crippen LogP contribution < -0.4 is 5.32 Å². The number of aryl methyl sites for hydroxylation is 1. The Morgan fingerprint density at radius 2 is 1.81 bits per heavy atom. The van der Waals surface area contributed by atoms with Gasteiger partial charge in [0.15, 0.2) is 0 Å². The third-order valence-electron chi connectivity index (χ3n) is 6.69. The van der Waals surface area contributed by atoms with Gasteiger partial charge in [-0.3, -0.25) is 19.5 Å². The number of halogens is 1. The predicted molar refractivity (Wildman–Crippen MR) is 143 cm³/mol. The molecule has 8 heteroatoms. The van der Waals surface area contributed by atoms with Gasteiger partial charge in [0.1, 0.15) is 12.3 Å². The summed E-state index contributed by atoms with van der Waals surface area (Å²) >= 11 is 6.07. The van der Waals surface area contributed by atoms with E-state index in [2.05, 4.69) is 5.32 Å². The Morgan fingerprint density at radius 1 is 1.08 bits per heavy atom. The number of benzene rings is 2. The Kier molecular flexibility index (Phi) is 7.42. The van der Waals surface area contributed by atoms with Crippen LogP contribution >= 0.6 is 11.6 Å². The van der Waals surface area contributed by atoms with Crippen molar-refractivity contribution in [1.29, 1.82) is 0 Å². The van der Waals surface area contributed by atoms with Crippen molar-refractivity contribution in [3.8, 4) is 16.9 Å². The standard InChI is InChI=1S/C29H29ClN4O3/c1-20-8-14-24(15-9-20)34-18-26(21-10-12-23(30)13-11-21)31-29(34)32-27(35)19-33(17-25-7-4-16-37-25)28(36)22-5-2-3-6-22/h4,7-16,18,22H,2-3,5-6,17,19H2,1H3,(H,31,32,35). The molecule has 0 saturated heterocycles. The molecule has 2 amide bonds. The SMILES string of the molecule is Cc1ccc(-n2cc(-c3ccc(Cl)cc3)nc2NC(=O)CN(Cc2ccco2)C(=O)C2CCCC2)cc1. The molecule has 1 aliphatic carbocycles. The molecule has 37 heavy (non-hydrogen) atoms. The molecule has 190 valence electrons. The van der Waals surface area contributed by atoms with Crippen molar-refractivity contribution in [2.45, 2.75) is 39.2 Å². The number of nitrogens with zero attached hydrogens (tertiary/aromatic N) is 3. The summed E-state index contributed by atoms with van der Waals surface area (Å²) in [5.41, 5.74) is 3.57. The second kappa shape index (κ2) is 11.0. The first-order valence-electron chi connectivity index (χ1n) is 12.5. The van der Waals surface area contributed by atoms with Crippen LogP contribution in [0.5, 0.6) is 0 Å². The predicted octanol–water partition coefficient (Wildman–Crippen LogP) is 6.25. The number of carbonyl (C=O) groups excluding carboxylic acids is 2. The van der Waals surface area contributed by atoms with E-state index in [-0.39, 0.29) is 30.8 Å². The number of carbonyl (C=O) groups is 2. The molecule has 1 N–H and O–H groups in total. The van der Waals surface area contributed by atoms with Crippen molar-refractivity contribution >= 4 is 29.4 Å². The summed E-state index contributed by atoms with van der Waals surface area (Å²) in [4.78, 5) is 32.9. The summed E-state index contributed by atoms with van der Waals surface area (Å²) in [5.74, 6) is 0.650. The maximum absolute atomic E-state index is 13.3. The minimum atomic E-state index is -0.320. The quantitative estimate of drug-likeness (QED) is 0.300. The molecule has 0 spiro atoms. The topological polar surface area (TPSA) is 80.4 Å². The van der Waals surface area contributed by atoms with Gasteiger partial charge in [-0.1, -0.05) is 54.3 Å². The van der Waals surface area contributed by atoms with Crippen LogP contribution in [0, 0.1) is 12.8 Å². The molecule has 0 radical (unpaired) electrons. The number of imidazole rings is 1. The highest BCUT2D eigenvalue weighted by Gasteiger charge is 2.29. The summed E-state index contributed by atoms with van der Waals surface area (Å²) in [7, 11) is 0. The van der Waals surface area contributed by atoms with E-state index in [1.165, 1.54) is 0 Å². The molecular weight excluding hydrogens is 488 g/mol. The van der Waals surface area contributed by atoms with Gasteiger partial charge in [0.25, 0.3) is 0 Å². The second-order valence-electron chi connectivity index (χ2n) is 9.47. The minimum absolute atomic E-state index is 0.00669. The third-order valence-corrected chi connectivity index (χ3v) is 6.94. The number of anilines is 1. The van der Waals surface area contributed by atoms with Crippen molar-refractivity contribution in [1.82, 2.24) is 14.5 Å². The van der Waals surface area contributed by atoms with Gasteiger partial charge in [-0.15, -0.1) is 0 Å². The summed E-state index contributed by atoms with van der Waals surface area (Å²) in [6.07, 6.45) is 7.25. The zero-order valence-corrected chi connectivity index (χ0v) is 21.4. The van der Waals surface area contributed by atoms with E-state index < -0.39 is 0 Å². The monoisotopic (exact) mass is 516 g/mol. The highest BCUT2D eigenvalue weighted by molar-refractivity contribution is 6.30. The van der Waals surface area contributed by atoms with Crippen LogP contribution in [0.15, 0.2) is 77.5 Å². The number of rotatable bonds is 8. The van der Waals surface area contributed by atoms with Crippen molar-refractivity contribution in [2.24, 2.45) is 5.92 Å². The fraction of sp³-hybridized carbons (Fsp3) is 0.276. The van der Waals surface area contributed by atoms with Gasteiger partial charge in [-0.25, -0.2) is 4.98 Å². The molecule has 1 aliphatic rings. The Hall–Kier alpha value is -3.84. The molecular formula is C29H29ClN4O3. The first kappa shape index (κ1) is 24.8. The normalized spacial score (nSPS) is 13.6. The number of hydrogen-bond donors (Lipinski definition) is 1. The van der Waals surface area contributed by atoms with Crippen LogP contribution in [0.3, 0.4) is 0 Å². The Morgan fingerprint density at radius 3 is 2.49 bits per heavy atom. The number of aromatic nitrogens is 2. The van der Waals surface area contributed by atoms with Crippen molar-refractivity contribution < 1.29 is 14.0 Å². The molecule has 0 bridgehead atoms. The molecule has 2 heterocycles. The zero-order valence-electron chi connectivity index (χ0n) is 20.7. The van der Waals surface area contributed by atoms with E-state index in [1.807, 2.05) is 60.2 Å². The van der Waals surface area contributed by atoms with Crippen LogP contribution in [0.1, 0.15) is 37.0 Å². The third kappa shape index (κ3) is 5.94. The number of nitrogens with one attached hydrogen (secondary N) is 1. The Balaban J connectivity index is 1.40. The van der Waals surface area contributed by atoms with Crippen molar-refractivity contribution in [3.05, 3.63) is 89.5 Å². The highest BCUT2D eigenvalue weighted by atomic mass is 35.5. The van der Waals surface area contributed by atoms with Gasteiger partial charge in [0.2, 0.25) is 17.8 Å². The number of amides is 2. The molecule has 2 aromatic carbocycles. The largest absolute Gasteiger partial charge is 0.467 e. The lowest BCUT2D eigenvalue weighted by Gasteiger charge is -2.24. The average molecular weight is 517 g/mol. The molecule has 2 aromatic heterocycles. The van der Waals surface area contributed by atoms with Gasteiger partial charge in [0, 0.05) is 28.4 Å². The first-order valence-corrected chi connectivity index (χ1v) is 12.9. The van der Waals surface area contributed by atoms with Crippen LogP contribution in [0.25, 0.3) is 16.9 Å². The summed E-state index contributed by atoms with van der Waals surface area (Å²) < 4.78 is 7.32. The zero-order chi connectivity index (χ0) is 25.8. The highest BCUT2D eigenvalue weighted by Crippen LogP contribution is 2.28. The smallest absolute Gasteiger partial charge is 0.246 e. The Bertz CT molecular complexity index is 1360. The molecule has 0 aliphatic heterocycles. The molecule has 7 nitrogen and oxygen atoms in total. The fourth-order valence-electron chi connectivity index (χ4n) is 4.70. The lowest BCUT2D eigenvalue weighted by Crippen LogP contribution is -2.40. The Labute approximate surface area is 221 Å². The lowest BCUT2D eigenvalue weighted by molar-refractivity contribution is -0.139. The summed E-state index contributed by atoms with van der Waals surface area (Å²) in [6.45, 7) is 2.18. The molecule has 5 rings (SSSR count). The fourth-order valence-corrected chi connectivity index (χ4v) is 4.83. The molecule has 0 atom stereocenters. The molecule has 0 unspecified atom stereocenters. The minimum Gasteiger partial charge on any atom is -0.467 e. The molecule has 1 fully saturated rings. The van der Waals surface area contributed by atoms with E-state index in [4.69, 9.17) is 21.0 Å². The van der Waals surface area contributed by atoms with Crippen molar-refractivity contribution in [2.75, 3.05) is 11.9 Å². The van der Waals surface area contributed by atoms with Gasteiger partial charge >= 0.3 is 0 Å². The number of furan rings is 1. The van der Waals surface area contributed by atoms with Gasteiger partial charge in [-0.05, 0) is 56.2 Å². The molecule has 1 saturated carbocycles. The van der Waals surface area contributed by atoms with Crippen LogP contribution in [-0.4, -0.2) is 32.8 Å². The number of hydrogen-bond acceptors (Lipinski definition) is 4. The van der Waals surface area contributed by atoms with Crippen LogP contribution in [0.4, 0.5) is 5.95 Å². The van der Waals surface area contributed by atoms with Crippen LogP contribution in [0.2, 0.25) is 5.02 Å². The van der Waals surface area contributed by atoms with Gasteiger partial charge in [-0.2, -0.15) is 0 Å². The van der Waals surface area contributed by atoms with Gasteiger partial charge in [0.05, 0.1) is 18.5 Å². The second-order valence-corrected chi connectivity index (χ2v) is 9.90. The van der Waals surface area contributed by atoms with Gasteiger partial charge < -0.3 is 9.32 Å². The maximum atomic E-state index is 13.3. The van der Waals surface area contributed by atoms with E-state index in [9.17, 15) is 9.59 Å². The maximum Gasteiger partial charge on any atom is 0.246 e. The van der Waals surface area contributed by atoms with E-state index >= 15 is 0 Å². The average Bonchev–Trinajstić information content (AvgIpc) is 3.67. The van der Waals surface area contributed by atoms with E-state index in [1.54, 1.807) is 29.4 Å². The van der Waals surface area contributed by atoms with E-state index in [0.717, 1.165) is 42.5 Å². The van der Waals surface area contributed by atoms with Crippen LogP contribution in [-0.2, 0) is 16.1 Å².